The minimum Gasteiger partial charge on any atom is -0.497 e. The van der Waals surface area contributed by atoms with Gasteiger partial charge in [0.05, 0.1) is 30.8 Å². The van der Waals surface area contributed by atoms with Crippen molar-refractivity contribution in [3.63, 3.8) is 0 Å². The summed E-state index contributed by atoms with van der Waals surface area (Å²) in [6, 6.07) is 53.3. The average molecular weight is 893 g/mol. The molecule has 3 aromatic heterocycles. The molecule has 0 saturated carbocycles. The van der Waals surface area contributed by atoms with Crippen LogP contribution in [-0.4, -0.2) is 65.7 Å². The van der Waals surface area contributed by atoms with Gasteiger partial charge in [0.2, 0.25) is 5.89 Å². The number of amides is 1. The van der Waals surface area contributed by atoms with E-state index < -0.39 is 5.97 Å². The highest BCUT2D eigenvalue weighted by atomic mass is 16.5. The van der Waals surface area contributed by atoms with Crippen LogP contribution in [0.3, 0.4) is 0 Å². The topological polar surface area (TPSA) is 172 Å². The Kier molecular flexibility index (Phi) is 14.0. The molecule has 14 nitrogen and oxygen atoms in total. The molecule has 0 aliphatic heterocycles. The Morgan fingerprint density at radius 2 is 1.10 bits per heavy atom. The standard InChI is InChI=1S/C29H26N4O4.C24H22N4O2/c1-19(26-27(29(34)35)32-33(31-26)23-11-7-4-8-12-23)21-13-15-24(16-14-21)36-18-17-25-20(2)37-28(30-25)22-9-5-3-6-10-22;1-17(18-13-15-21(30-2)16-14-18)22-23(24(29)25-19-9-5-3-6-10-19)27-28(26-22)20-11-7-4-8-12-20/h3-16,19H,17-18H2,1-2H3,(H,34,35);3-17H,1-2H3,(H,25,29). The van der Waals surface area contributed by atoms with Gasteiger partial charge in [-0.2, -0.15) is 19.8 Å². The van der Waals surface area contributed by atoms with Crippen LogP contribution in [0.4, 0.5) is 5.69 Å². The number of carboxylic acid groups (broad SMARTS) is 1. The smallest absolute Gasteiger partial charge is 0.358 e. The molecule has 0 spiro atoms. The Morgan fingerprint density at radius 1 is 0.627 bits per heavy atom. The lowest BCUT2D eigenvalue weighted by molar-refractivity contribution is 0.0688. The van der Waals surface area contributed by atoms with Gasteiger partial charge in [0.25, 0.3) is 5.91 Å². The number of para-hydroxylation sites is 3. The second-order valence-electron chi connectivity index (χ2n) is 15.5. The summed E-state index contributed by atoms with van der Waals surface area (Å²) in [4.78, 5) is 32.4. The molecule has 0 bridgehead atoms. The summed E-state index contributed by atoms with van der Waals surface area (Å²) in [5.74, 6) is 1.08. The van der Waals surface area contributed by atoms with Crippen LogP contribution in [0.25, 0.3) is 22.8 Å². The molecule has 9 aromatic rings. The summed E-state index contributed by atoms with van der Waals surface area (Å²) in [6.45, 7) is 6.29. The lowest BCUT2D eigenvalue weighted by Crippen LogP contribution is -2.16. The third-order valence-corrected chi connectivity index (χ3v) is 11.0. The van der Waals surface area contributed by atoms with E-state index in [0.29, 0.717) is 53.1 Å². The summed E-state index contributed by atoms with van der Waals surface area (Å²) >= 11 is 0. The molecule has 9 rings (SSSR count). The maximum Gasteiger partial charge on any atom is 0.358 e. The molecule has 2 unspecified atom stereocenters. The first kappa shape index (κ1) is 44.9. The van der Waals surface area contributed by atoms with Crippen molar-refractivity contribution in [2.45, 2.75) is 39.0 Å². The molecule has 0 saturated heterocycles. The van der Waals surface area contributed by atoms with E-state index in [0.717, 1.165) is 39.6 Å². The Labute approximate surface area is 387 Å². The van der Waals surface area contributed by atoms with Gasteiger partial charge in [-0.1, -0.05) is 111 Å². The van der Waals surface area contributed by atoms with Gasteiger partial charge in [-0.15, -0.1) is 10.2 Å². The second kappa shape index (κ2) is 20.9. The van der Waals surface area contributed by atoms with Gasteiger partial charge in [0, 0.05) is 29.5 Å². The van der Waals surface area contributed by atoms with E-state index in [2.05, 4.69) is 30.7 Å². The Hall–Kier alpha value is -8.65. The largest absolute Gasteiger partial charge is 0.497 e. The number of aromatic nitrogens is 7. The lowest BCUT2D eigenvalue weighted by Gasteiger charge is -2.11. The number of anilines is 1. The minimum atomic E-state index is -1.11. The molecule has 0 radical (unpaired) electrons. The van der Waals surface area contributed by atoms with Crippen molar-refractivity contribution < 1.29 is 28.6 Å². The summed E-state index contributed by atoms with van der Waals surface area (Å²) < 4.78 is 17.0. The number of methoxy groups -OCH3 is 1. The highest BCUT2D eigenvalue weighted by Crippen LogP contribution is 2.30. The van der Waals surface area contributed by atoms with Crippen LogP contribution in [0.15, 0.2) is 174 Å². The zero-order chi connectivity index (χ0) is 46.7. The molecular formula is C53H48N8O6. The molecule has 2 N–H and O–H groups in total. The number of carbonyl (C=O) groups excluding carboxylic acids is 1. The minimum absolute atomic E-state index is 0.0606. The van der Waals surface area contributed by atoms with Gasteiger partial charge < -0.3 is 24.3 Å². The predicted molar refractivity (Wildman–Crippen MR) is 254 cm³/mol. The third-order valence-electron chi connectivity index (χ3n) is 11.0. The van der Waals surface area contributed by atoms with Gasteiger partial charge in [-0.05, 0) is 90.8 Å². The molecular weight excluding hydrogens is 845 g/mol. The van der Waals surface area contributed by atoms with Crippen LogP contribution < -0.4 is 14.8 Å². The lowest BCUT2D eigenvalue weighted by atomic mass is 9.96. The molecule has 2 atom stereocenters. The van der Waals surface area contributed by atoms with Crippen molar-refractivity contribution in [1.29, 1.82) is 0 Å². The maximum atomic E-state index is 13.1. The molecule has 336 valence electrons. The van der Waals surface area contributed by atoms with E-state index in [1.54, 1.807) is 7.11 Å². The van der Waals surface area contributed by atoms with Gasteiger partial charge >= 0.3 is 5.97 Å². The number of rotatable bonds is 15. The fraction of sp³-hybridized carbons (Fsp3) is 0.151. The highest BCUT2D eigenvalue weighted by Gasteiger charge is 2.26. The number of nitrogens with one attached hydrogen (secondary N) is 1. The van der Waals surface area contributed by atoms with Crippen LogP contribution in [-0.2, 0) is 6.42 Å². The first-order chi connectivity index (χ1) is 32.6. The number of hydrogen-bond acceptors (Lipinski definition) is 10. The van der Waals surface area contributed by atoms with Crippen LogP contribution >= 0.6 is 0 Å². The van der Waals surface area contributed by atoms with Crippen molar-refractivity contribution in [3.8, 4) is 34.3 Å². The summed E-state index contributed by atoms with van der Waals surface area (Å²) in [6.07, 6.45) is 0.616. The SMILES string of the molecule is COc1ccc(C(C)c2nn(-c3ccccc3)nc2C(=O)Nc2ccccc2)cc1.Cc1oc(-c2ccccc2)nc1CCOc1ccc(C(C)c2nn(-c3ccccc3)nc2C(=O)O)cc1. The Morgan fingerprint density at radius 3 is 1.63 bits per heavy atom. The van der Waals surface area contributed by atoms with Gasteiger partial charge in [-0.25, -0.2) is 9.78 Å². The van der Waals surface area contributed by atoms with Crippen LogP contribution in [0.1, 0.15) is 80.6 Å². The van der Waals surface area contributed by atoms with Gasteiger partial charge in [0.1, 0.15) is 28.6 Å². The van der Waals surface area contributed by atoms with Gasteiger partial charge in [0.15, 0.2) is 11.4 Å². The van der Waals surface area contributed by atoms with Crippen LogP contribution in [0.5, 0.6) is 11.5 Å². The van der Waals surface area contributed by atoms with Crippen molar-refractivity contribution in [1.82, 2.24) is 35.0 Å². The van der Waals surface area contributed by atoms with E-state index in [9.17, 15) is 14.7 Å². The molecule has 0 fully saturated rings. The molecule has 3 heterocycles. The predicted octanol–water partition coefficient (Wildman–Crippen LogP) is 10.4. The zero-order valence-electron chi connectivity index (χ0n) is 37.4. The number of oxazole rings is 1. The second-order valence-corrected chi connectivity index (χ2v) is 15.5. The number of aryl methyl sites for hydroxylation is 1. The van der Waals surface area contributed by atoms with Crippen LogP contribution in [0.2, 0.25) is 0 Å². The number of nitrogens with zero attached hydrogens (tertiary/aromatic N) is 7. The Balaban J connectivity index is 0.000000186. The number of aromatic carboxylic acids is 1. The van der Waals surface area contributed by atoms with E-state index in [-0.39, 0.29) is 23.4 Å². The van der Waals surface area contributed by atoms with Crippen molar-refractivity contribution >= 4 is 17.6 Å². The molecule has 6 aromatic carbocycles. The van der Waals surface area contributed by atoms with Crippen molar-refractivity contribution in [3.05, 3.63) is 215 Å². The number of carboxylic acids is 1. The van der Waals surface area contributed by atoms with Crippen molar-refractivity contribution in [2.24, 2.45) is 0 Å². The maximum absolute atomic E-state index is 13.1. The van der Waals surface area contributed by atoms with E-state index >= 15 is 0 Å². The molecule has 1 amide bonds. The number of carbonyl (C=O) groups is 2. The van der Waals surface area contributed by atoms with E-state index in [1.165, 1.54) is 9.59 Å². The normalized spacial score (nSPS) is 11.8. The summed E-state index contributed by atoms with van der Waals surface area (Å²) in [5.41, 5.74) is 7.19. The number of ether oxygens (including phenoxy) is 2. The molecule has 14 heteroatoms. The molecule has 67 heavy (non-hydrogen) atoms. The third kappa shape index (κ3) is 10.8. The number of benzene rings is 6. The van der Waals surface area contributed by atoms with E-state index in [1.807, 2.05) is 191 Å². The highest BCUT2D eigenvalue weighted by molar-refractivity contribution is 6.03. The summed E-state index contributed by atoms with van der Waals surface area (Å²) in [5, 5.41) is 30.5. The average Bonchev–Trinajstić information content (AvgIpc) is 4.13. The first-order valence-corrected chi connectivity index (χ1v) is 21.7. The van der Waals surface area contributed by atoms with E-state index in [4.69, 9.17) is 13.9 Å². The monoisotopic (exact) mass is 892 g/mol. The van der Waals surface area contributed by atoms with Crippen molar-refractivity contribution in [2.75, 3.05) is 19.0 Å². The molecule has 0 aliphatic rings. The quantitative estimate of drug-likeness (QED) is 0.100. The molecule has 0 aliphatic carbocycles. The summed E-state index contributed by atoms with van der Waals surface area (Å²) in [7, 11) is 1.63. The first-order valence-electron chi connectivity index (χ1n) is 21.7. The van der Waals surface area contributed by atoms with Gasteiger partial charge in [-0.3, -0.25) is 4.79 Å². The van der Waals surface area contributed by atoms with Crippen LogP contribution in [0, 0.1) is 6.92 Å². The fourth-order valence-corrected chi connectivity index (χ4v) is 7.29. The number of hydrogen-bond donors (Lipinski definition) is 2. The fourth-order valence-electron chi connectivity index (χ4n) is 7.29. The Bertz CT molecular complexity index is 3030. The zero-order valence-corrected chi connectivity index (χ0v) is 37.4.